The first-order valence-electron chi connectivity index (χ1n) is 4.89. The summed E-state index contributed by atoms with van der Waals surface area (Å²) in [4.78, 5) is 23.6. The standard InChI is InChI=1S/C11H12N2O2/c1-2-13-10-4-3-9(12-7-14)5-8(10)6-11(13)15/h3-5,7H,2,6H2,1H3,(H,12,14). The van der Waals surface area contributed by atoms with E-state index < -0.39 is 0 Å². The molecule has 0 unspecified atom stereocenters. The third kappa shape index (κ3) is 1.58. The molecule has 1 aliphatic heterocycles. The van der Waals surface area contributed by atoms with Crippen LogP contribution in [0.4, 0.5) is 11.4 Å². The van der Waals surface area contributed by atoms with Gasteiger partial charge in [0, 0.05) is 17.9 Å². The lowest BCUT2D eigenvalue weighted by Crippen LogP contribution is -2.25. The van der Waals surface area contributed by atoms with Gasteiger partial charge in [0.15, 0.2) is 0 Å². The van der Waals surface area contributed by atoms with Gasteiger partial charge in [-0.1, -0.05) is 0 Å². The van der Waals surface area contributed by atoms with Gasteiger partial charge in [0.2, 0.25) is 12.3 Å². The Labute approximate surface area is 87.9 Å². The molecule has 78 valence electrons. The van der Waals surface area contributed by atoms with Gasteiger partial charge in [-0.3, -0.25) is 9.59 Å². The Bertz CT molecular complexity index is 415. The van der Waals surface area contributed by atoms with Crippen LogP contribution in [-0.4, -0.2) is 18.9 Å². The molecule has 1 aromatic rings. The molecule has 2 rings (SSSR count). The number of anilines is 2. The van der Waals surface area contributed by atoms with Gasteiger partial charge in [0.05, 0.1) is 6.42 Å². The van der Waals surface area contributed by atoms with Crippen molar-refractivity contribution < 1.29 is 9.59 Å². The van der Waals surface area contributed by atoms with Crippen molar-refractivity contribution in [1.29, 1.82) is 0 Å². The van der Waals surface area contributed by atoms with Crippen LogP contribution in [0.25, 0.3) is 0 Å². The summed E-state index contributed by atoms with van der Waals surface area (Å²) in [5.41, 5.74) is 2.67. The molecular weight excluding hydrogens is 192 g/mol. The van der Waals surface area contributed by atoms with Crippen molar-refractivity contribution in [2.45, 2.75) is 13.3 Å². The summed E-state index contributed by atoms with van der Waals surface area (Å²) in [6, 6.07) is 5.52. The predicted molar refractivity (Wildman–Crippen MR) is 57.9 cm³/mol. The maximum atomic E-state index is 11.6. The van der Waals surface area contributed by atoms with Crippen LogP contribution >= 0.6 is 0 Å². The largest absolute Gasteiger partial charge is 0.329 e. The van der Waals surface area contributed by atoms with Crippen molar-refractivity contribution in [2.24, 2.45) is 0 Å². The van der Waals surface area contributed by atoms with Crippen LogP contribution < -0.4 is 10.2 Å². The van der Waals surface area contributed by atoms with Crippen molar-refractivity contribution in [3.63, 3.8) is 0 Å². The highest BCUT2D eigenvalue weighted by Gasteiger charge is 2.25. The first kappa shape index (κ1) is 9.71. The molecule has 0 fully saturated rings. The summed E-state index contributed by atoms with van der Waals surface area (Å²) in [5, 5.41) is 2.57. The molecule has 2 amide bonds. The van der Waals surface area contributed by atoms with Crippen LogP contribution in [-0.2, 0) is 16.0 Å². The third-order valence-electron chi connectivity index (χ3n) is 2.55. The van der Waals surface area contributed by atoms with Gasteiger partial charge >= 0.3 is 0 Å². The molecule has 1 heterocycles. The highest BCUT2D eigenvalue weighted by Crippen LogP contribution is 2.30. The van der Waals surface area contributed by atoms with E-state index in [9.17, 15) is 9.59 Å². The molecule has 0 radical (unpaired) electrons. The van der Waals surface area contributed by atoms with E-state index in [0.717, 1.165) is 16.9 Å². The van der Waals surface area contributed by atoms with Crippen LogP contribution in [0.2, 0.25) is 0 Å². The predicted octanol–water partition coefficient (Wildman–Crippen LogP) is 1.16. The number of rotatable bonds is 3. The molecule has 1 aliphatic rings. The number of benzene rings is 1. The number of amides is 2. The zero-order valence-corrected chi connectivity index (χ0v) is 8.49. The molecule has 0 bridgehead atoms. The Balaban J connectivity index is 2.36. The second-order valence-electron chi connectivity index (χ2n) is 3.42. The maximum Gasteiger partial charge on any atom is 0.231 e. The van der Waals surface area contributed by atoms with Gasteiger partial charge < -0.3 is 10.2 Å². The Morgan fingerprint density at radius 1 is 1.53 bits per heavy atom. The van der Waals surface area contributed by atoms with E-state index in [1.165, 1.54) is 0 Å². The van der Waals surface area contributed by atoms with E-state index in [4.69, 9.17) is 0 Å². The van der Waals surface area contributed by atoms with Gasteiger partial charge in [-0.15, -0.1) is 0 Å². The summed E-state index contributed by atoms with van der Waals surface area (Å²) in [6.07, 6.45) is 1.06. The van der Waals surface area contributed by atoms with E-state index in [0.29, 0.717) is 19.4 Å². The van der Waals surface area contributed by atoms with Gasteiger partial charge in [0.1, 0.15) is 0 Å². The van der Waals surface area contributed by atoms with Gasteiger partial charge in [0.25, 0.3) is 0 Å². The highest BCUT2D eigenvalue weighted by molar-refractivity contribution is 6.01. The van der Waals surface area contributed by atoms with E-state index in [1.807, 2.05) is 19.1 Å². The van der Waals surface area contributed by atoms with Crippen LogP contribution in [0.15, 0.2) is 18.2 Å². The Kier molecular flexibility index (Phi) is 2.41. The molecule has 1 N–H and O–H groups in total. The van der Waals surface area contributed by atoms with Crippen molar-refractivity contribution >= 4 is 23.7 Å². The molecule has 0 aliphatic carbocycles. The monoisotopic (exact) mass is 204 g/mol. The summed E-state index contributed by atoms with van der Waals surface area (Å²) < 4.78 is 0. The summed E-state index contributed by atoms with van der Waals surface area (Å²) in [5.74, 6) is 0.121. The lowest BCUT2D eigenvalue weighted by molar-refractivity contribution is -0.117. The third-order valence-corrected chi connectivity index (χ3v) is 2.55. The minimum atomic E-state index is 0.121. The first-order valence-corrected chi connectivity index (χ1v) is 4.89. The fraction of sp³-hybridized carbons (Fsp3) is 0.273. The second kappa shape index (κ2) is 3.73. The van der Waals surface area contributed by atoms with E-state index in [-0.39, 0.29) is 5.91 Å². The van der Waals surface area contributed by atoms with Crippen LogP contribution in [0.3, 0.4) is 0 Å². The average Bonchev–Trinajstić information content (AvgIpc) is 2.53. The number of nitrogens with one attached hydrogen (secondary N) is 1. The average molecular weight is 204 g/mol. The fourth-order valence-electron chi connectivity index (χ4n) is 1.89. The summed E-state index contributed by atoms with van der Waals surface area (Å²) in [6.45, 7) is 2.64. The van der Waals surface area contributed by atoms with Crippen molar-refractivity contribution in [1.82, 2.24) is 0 Å². The molecule has 0 atom stereocenters. The fourth-order valence-corrected chi connectivity index (χ4v) is 1.89. The number of nitrogens with zero attached hydrogens (tertiary/aromatic N) is 1. The maximum absolute atomic E-state index is 11.6. The topological polar surface area (TPSA) is 49.4 Å². The molecule has 0 saturated carbocycles. The van der Waals surface area contributed by atoms with Crippen LogP contribution in [0, 0.1) is 0 Å². The summed E-state index contributed by atoms with van der Waals surface area (Å²) in [7, 11) is 0. The molecule has 0 aromatic heterocycles. The lowest BCUT2D eigenvalue weighted by Gasteiger charge is -2.14. The Morgan fingerprint density at radius 2 is 2.33 bits per heavy atom. The number of carbonyl (C=O) groups is 2. The zero-order chi connectivity index (χ0) is 10.8. The smallest absolute Gasteiger partial charge is 0.231 e. The van der Waals surface area contributed by atoms with Gasteiger partial charge in [-0.2, -0.15) is 0 Å². The number of fused-ring (bicyclic) bond motifs is 1. The molecule has 4 heteroatoms. The van der Waals surface area contributed by atoms with E-state index in [2.05, 4.69) is 5.32 Å². The van der Waals surface area contributed by atoms with Crippen LogP contribution in [0.1, 0.15) is 12.5 Å². The first-order chi connectivity index (χ1) is 7.26. The van der Waals surface area contributed by atoms with E-state index in [1.54, 1.807) is 11.0 Å². The van der Waals surface area contributed by atoms with Crippen molar-refractivity contribution in [3.05, 3.63) is 23.8 Å². The minimum Gasteiger partial charge on any atom is -0.329 e. The van der Waals surface area contributed by atoms with Crippen molar-refractivity contribution in [3.8, 4) is 0 Å². The SMILES string of the molecule is CCN1C(=O)Cc2cc(NC=O)ccc21. The molecule has 1 aromatic carbocycles. The van der Waals surface area contributed by atoms with Crippen molar-refractivity contribution in [2.75, 3.05) is 16.8 Å². The second-order valence-corrected chi connectivity index (χ2v) is 3.42. The quantitative estimate of drug-likeness (QED) is 0.751. The molecule has 0 saturated heterocycles. The van der Waals surface area contributed by atoms with Gasteiger partial charge in [-0.25, -0.2) is 0 Å². The molecular formula is C11H12N2O2. The van der Waals surface area contributed by atoms with E-state index >= 15 is 0 Å². The Hall–Kier alpha value is -1.84. The van der Waals surface area contributed by atoms with Crippen LogP contribution in [0.5, 0.6) is 0 Å². The lowest BCUT2D eigenvalue weighted by atomic mass is 10.1. The number of hydrogen-bond acceptors (Lipinski definition) is 2. The van der Waals surface area contributed by atoms with Gasteiger partial charge in [-0.05, 0) is 30.7 Å². The summed E-state index contributed by atoms with van der Waals surface area (Å²) >= 11 is 0. The number of likely N-dealkylation sites (N-methyl/N-ethyl adjacent to an activating group) is 1. The number of carbonyl (C=O) groups excluding carboxylic acids is 2. The highest BCUT2D eigenvalue weighted by atomic mass is 16.2. The molecule has 4 nitrogen and oxygen atoms in total. The Morgan fingerprint density at radius 3 is 3.00 bits per heavy atom. The minimum absolute atomic E-state index is 0.121. The number of hydrogen-bond donors (Lipinski definition) is 1. The molecule has 15 heavy (non-hydrogen) atoms. The molecule has 0 spiro atoms. The normalized spacial score (nSPS) is 13.9. The zero-order valence-electron chi connectivity index (χ0n) is 8.49.